The average molecular weight is 506 g/mol. The summed E-state index contributed by atoms with van der Waals surface area (Å²) in [6, 6.07) is 5.39. The number of methoxy groups -OCH3 is 1. The van der Waals surface area contributed by atoms with Gasteiger partial charge in [0.1, 0.15) is 5.75 Å². The van der Waals surface area contributed by atoms with Gasteiger partial charge in [-0.25, -0.2) is 9.97 Å². The van der Waals surface area contributed by atoms with Crippen LogP contribution >= 0.6 is 0 Å². The summed E-state index contributed by atoms with van der Waals surface area (Å²) in [6.07, 6.45) is 2.64. The SMILES string of the molecule is CNCc1ccc(Nc2ncc(C(F)(F)F)c(C[C@@H]3CCCC[C@H]3NC(=O)C3CCC3)n2)c(OC)c1. The zero-order valence-corrected chi connectivity index (χ0v) is 20.8. The van der Waals surface area contributed by atoms with Gasteiger partial charge in [-0.3, -0.25) is 4.79 Å². The summed E-state index contributed by atoms with van der Waals surface area (Å²) >= 11 is 0. The van der Waals surface area contributed by atoms with Gasteiger partial charge in [-0.2, -0.15) is 13.2 Å². The number of carbonyl (C=O) groups excluding carboxylic acids is 1. The third kappa shape index (κ3) is 6.27. The smallest absolute Gasteiger partial charge is 0.419 e. The second-order valence-electron chi connectivity index (χ2n) is 9.73. The van der Waals surface area contributed by atoms with Crippen LogP contribution in [0.3, 0.4) is 0 Å². The zero-order chi connectivity index (χ0) is 25.7. The Hall–Kier alpha value is -2.88. The summed E-state index contributed by atoms with van der Waals surface area (Å²) < 4.78 is 47.1. The molecule has 0 bridgehead atoms. The number of ether oxygens (including phenoxy) is 1. The molecule has 1 aromatic heterocycles. The molecule has 0 saturated heterocycles. The van der Waals surface area contributed by atoms with Crippen molar-refractivity contribution >= 4 is 17.5 Å². The van der Waals surface area contributed by atoms with Crippen LogP contribution in [-0.2, 0) is 23.9 Å². The maximum absolute atomic E-state index is 13.9. The molecular formula is C26H34F3N5O2. The number of carbonyl (C=O) groups is 1. The van der Waals surface area contributed by atoms with Gasteiger partial charge in [-0.1, -0.05) is 25.3 Å². The fourth-order valence-corrected chi connectivity index (χ4v) is 5.00. The van der Waals surface area contributed by atoms with Crippen LogP contribution in [-0.4, -0.2) is 36.1 Å². The number of nitrogens with zero attached hydrogens (tertiary/aromatic N) is 2. The first-order chi connectivity index (χ1) is 17.3. The Morgan fingerprint density at radius 2 is 1.92 bits per heavy atom. The summed E-state index contributed by atoms with van der Waals surface area (Å²) in [4.78, 5) is 20.8. The first-order valence-electron chi connectivity index (χ1n) is 12.6. The maximum Gasteiger partial charge on any atom is 0.419 e. The van der Waals surface area contributed by atoms with E-state index in [4.69, 9.17) is 4.74 Å². The molecular weight excluding hydrogens is 471 g/mol. The van der Waals surface area contributed by atoms with Crippen molar-refractivity contribution in [3.05, 3.63) is 41.2 Å². The van der Waals surface area contributed by atoms with Gasteiger partial charge in [-0.05, 0) is 62.8 Å². The molecule has 1 heterocycles. The molecule has 196 valence electrons. The van der Waals surface area contributed by atoms with Crippen LogP contribution in [0, 0.1) is 11.8 Å². The fraction of sp³-hybridized carbons (Fsp3) is 0.577. The molecule has 7 nitrogen and oxygen atoms in total. The molecule has 2 fully saturated rings. The van der Waals surface area contributed by atoms with E-state index in [1.54, 1.807) is 6.07 Å². The van der Waals surface area contributed by atoms with E-state index in [-0.39, 0.29) is 41.8 Å². The minimum absolute atomic E-state index is 0.0352. The number of anilines is 2. The molecule has 0 aliphatic heterocycles. The van der Waals surface area contributed by atoms with Gasteiger partial charge < -0.3 is 20.7 Å². The first-order valence-corrected chi connectivity index (χ1v) is 12.6. The molecule has 2 saturated carbocycles. The highest BCUT2D eigenvalue weighted by Crippen LogP contribution is 2.36. The minimum atomic E-state index is -4.57. The van der Waals surface area contributed by atoms with Crippen molar-refractivity contribution in [2.24, 2.45) is 11.8 Å². The van der Waals surface area contributed by atoms with Crippen LogP contribution in [0.1, 0.15) is 61.8 Å². The summed E-state index contributed by atoms with van der Waals surface area (Å²) in [5, 5.41) is 9.22. The topological polar surface area (TPSA) is 88.2 Å². The van der Waals surface area contributed by atoms with E-state index in [1.165, 1.54) is 7.11 Å². The number of hydrogen-bond acceptors (Lipinski definition) is 6. The Balaban J connectivity index is 1.57. The van der Waals surface area contributed by atoms with Gasteiger partial charge in [0.25, 0.3) is 0 Å². The number of hydrogen-bond donors (Lipinski definition) is 3. The van der Waals surface area contributed by atoms with Crippen LogP contribution in [0.4, 0.5) is 24.8 Å². The Kier molecular flexibility index (Phi) is 8.33. The molecule has 2 aliphatic carbocycles. The summed E-state index contributed by atoms with van der Waals surface area (Å²) in [7, 11) is 3.37. The van der Waals surface area contributed by atoms with E-state index in [0.717, 1.165) is 56.7 Å². The van der Waals surface area contributed by atoms with Gasteiger partial charge in [0.2, 0.25) is 11.9 Å². The molecule has 0 unspecified atom stereocenters. The lowest BCUT2D eigenvalue weighted by molar-refractivity contribution is -0.139. The van der Waals surface area contributed by atoms with Crippen molar-refractivity contribution in [1.29, 1.82) is 0 Å². The van der Waals surface area contributed by atoms with Gasteiger partial charge in [-0.15, -0.1) is 0 Å². The molecule has 0 radical (unpaired) electrons. The van der Waals surface area contributed by atoms with E-state index >= 15 is 0 Å². The molecule has 10 heteroatoms. The Morgan fingerprint density at radius 3 is 2.58 bits per heavy atom. The molecule has 2 aromatic rings. The van der Waals surface area contributed by atoms with Crippen LogP contribution in [0.2, 0.25) is 0 Å². The second kappa shape index (κ2) is 11.5. The van der Waals surface area contributed by atoms with Crippen LogP contribution < -0.4 is 20.7 Å². The predicted molar refractivity (Wildman–Crippen MR) is 131 cm³/mol. The highest BCUT2D eigenvalue weighted by Gasteiger charge is 2.37. The second-order valence-corrected chi connectivity index (χ2v) is 9.73. The molecule has 2 atom stereocenters. The summed E-state index contributed by atoms with van der Waals surface area (Å²) in [5.41, 5.74) is 0.673. The fourth-order valence-electron chi connectivity index (χ4n) is 5.00. The van der Waals surface area contributed by atoms with Crippen molar-refractivity contribution in [3.63, 3.8) is 0 Å². The van der Waals surface area contributed by atoms with E-state index < -0.39 is 11.7 Å². The third-order valence-corrected chi connectivity index (χ3v) is 7.23. The van der Waals surface area contributed by atoms with Gasteiger partial charge >= 0.3 is 6.18 Å². The molecule has 36 heavy (non-hydrogen) atoms. The zero-order valence-electron chi connectivity index (χ0n) is 20.8. The maximum atomic E-state index is 13.9. The number of benzene rings is 1. The van der Waals surface area contributed by atoms with E-state index in [0.29, 0.717) is 18.0 Å². The standard InChI is InChI=1S/C26H34F3N5O2/c1-30-14-16-10-11-21(23(12-16)36-2)33-25-31-15-19(26(27,28)29)22(34-25)13-18-6-3-4-9-20(18)32-24(35)17-7-5-8-17/h10-12,15,17-18,20,30H,3-9,13-14H2,1-2H3,(H,32,35)(H,31,33,34)/t18-,20+/m0/s1. The van der Waals surface area contributed by atoms with Crippen LogP contribution in [0.5, 0.6) is 5.75 Å². The monoisotopic (exact) mass is 505 g/mol. The number of halogens is 3. The number of rotatable bonds is 9. The van der Waals surface area contributed by atoms with Gasteiger partial charge in [0.15, 0.2) is 0 Å². The van der Waals surface area contributed by atoms with Crippen molar-refractivity contribution < 1.29 is 22.7 Å². The Bertz CT molecular complexity index is 1060. The van der Waals surface area contributed by atoms with Gasteiger partial charge in [0.05, 0.1) is 24.1 Å². The molecule has 0 spiro atoms. The first kappa shape index (κ1) is 26.2. The van der Waals surface area contributed by atoms with Crippen molar-refractivity contribution in [1.82, 2.24) is 20.6 Å². The minimum Gasteiger partial charge on any atom is -0.495 e. The van der Waals surface area contributed by atoms with Crippen molar-refractivity contribution in [3.8, 4) is 5.75 Å². The predicted octanol–water partition coefficient (Wildman–Crippen LogP) is 4.98. The van der Waals surface area contributed by atoms with Crippen LogP contribution in [0.25, 0.3) is 0 Å². The number of amides is 1. The largest absolute Gasteiger partial charge is 0.495 e. The Morgan fingerprint density at radius 1 is 1.14 bits per heavy atom. The van der Waals surface area contributed by atoms with Crippen molar-refractivity contribution in [2.45, 2.75) is 70.1 Å². The molecule has 2 aliphatic rings. The summed E-state index contributed by atoms with van der Waals surface area (Å²) in [6.45, 7) is 0.650. The lowest BCUT2D eigenvalue weighted by atomic mass is 9.79. The number of aromatic nitrogens is 2. The molecule has 1 amide bonds. The summed E-state index contributed by atoms with van der Waals surface area (Å²) in [5.74, 6) is 0.583. The lowest BCUT2D eigenvalue weighted by Crippen LogP contribution is -2.46. The Labute approximate surface area is 209 Å². The van der Waals surface area contributed by atoms with Gasteiger partial charge in [0, 0.05) is 24.7 Å². The highest BCUT2D eigenvalue weighted by molar-refractivity contribution is 5.79. The van der Waals surface area contributed by atoms with Crippen LogP contribution in [0.15, 0.2) is 24.4 Å². The number of nitrogens with one attached hydrogen (secondary N) is 3. The molecule has 3 N–H and O–H groups in total. The highest BCUT2D eigenvalue weighted by atomic mass is 19.4. The van der Waals surface area contributed by atoms with E-state index in [2.05, 4.69) is 25.9 Å². The van der Waals surface area contributed by atoms with Crippen molar-refractivity contribution in [2.75, 3.05) is 19.5 Å². The lowest BCUT2D eigenvalue weighted by Gasteiger charge is -2.35. The quantitative estimate of drug-likeness (QED) is 0.445. The number of alkyl halides is 3. The third-order valence-electron chi connectivity index (χ3n) is 7.23. The van der Waals surface area contributed by atoms with E-state index in [9.17, 15) is 18.0 Å². The van der Waals surface area contributed by atoms with E-state index in [1.807, 2.05) is 19.2 Å². The normalized spacial score (nSPS) is 20.5. The average Bonchev–Trinajstić information content (AvgIpc) is 2.80. The molecule has 1 aromatic carbocycles. The molecule has 4 rings (SSSR count).